The van der Waals surface area contributed by atoms with Gasteiger partial charge >= 0.3 is 0 Å². The van der Waals surface area contributed by atoms with Crippen molar-refractivity contribution in [2.75, 3.05) is 26.3 Å². The van der Waals surface area contributed by atoms with E-state index in [0.717, 1.165) is 18.7 Å². The standard InChI is InChI=1S/C14H18N2O3/c17-14(16-6-13-9-18-4-3-15-13)10-1-2-11-7-19-8-12(11)5-10/h1-2,5,13,15H,3-4,6-9H2,(H,16,17). The van der Waals surface area contributed by atoms with Crippen molar-refractivity contribution >= 4 is 5.91 Å². The highest BCUT2D eigenvalue weighted by Gasteiger charge is 2.16. The largest absolute Gasteiger partial charge is 0.378 e. The highest BCUT2D eigenvalue weighted by molar-refractivity contribution is 5.94. The molecule has 102 valence electrons. The average molecular weight is 262 g/mol. The average Bonchev–Trinajstić information content (AvgIpc) is 2.93. The van der Waals surface area contributed by atoms with Crippen molar-refractivity contribution in [3.05, 3.63) is 34.9 Å². The number of ether oxygens (including phenoxy) is 2. The van der Waals surface area contributed by atoms with E-state index >= 15 is 0 Å². The molecule has 1 unspecified atom stereocenters. The van der Waals surface area contributed by atoms with E-state index in [0.29, 0.717) is 31.9 Å². The van der Waals surface area contributed by atoms with Crippen molar-refractivity contribution in [3.63, 3.8) is 0 Å². The number of rotatable bonds is 3. The Hall–Kier alpha value is -1.43. The van der Waals surface area contributed by atoms with Crippen LogP contribution in [-0.4, -0.2) is 38.3 Å². The summed E-state index contributed by atoms with van der Waals surface area (Å²) in [6, 6.07) is 5.95. The number of hydrogen-bond acceptors (Lipinski definition) is 4. The molecule has 3 rings (SSSR count). The summed E-state index contributed by atoms with van der Waals surface area (Å²) < 4.78 is 10.7. The van der Waals surface area contributed by atoms with Crippen LogP contribution in [0.4, 0.5) is 0 Å². The van der Waals surface area contributed by atoms with Gasteiger partial charge in [0.25, 0.3) is 5.91 Å². The van der Waals surface area contributed by atoms with Crippen molar-refractivity contribution in [1.82, 2.24) is 10.6 Å². The van der Waals surface area contributed by atoms with Gasteiger partial charge in [0.05, 0.1) is 26.4 Å². The third-order valence-electron chi connectivity index (χ3n) is 3.49. The van der Waals surface area contributed by atoms with Crippen LogP contribution in [0.5, 0.6) is 0 Å². The highest BCUT2D eigenvalue weighted by Crippen LogP contribution is 2.20. The van der Waals surface area contributed by atoms with Crippen LogP contribution in [0.2, 0.25) is 0 Å². The summed E-state index contributed by atoms with van der Waals surface area (Å²) in [4.78, 5) is 12.1. The molecule has 1 saturated heterocycles. The molecule has 1 aromatic rings. The number of fused-ring (bicyclic) bond motifs is 1. The Balaban J connectivity index is 1.57. The smallest absolute Gasteiger partial charge is 0.251 e. The van der Waals surface area contributed by atoms with E-state index in [1.165, 1.54) is 5.56 Å². The quantitative estimate of drug-likeness (QED) is 0.829. The van der Waals surface area contributed by atoms with E-state index in [1.54, 1.807) is 0 Å². The van der Waals surface area contributed by atoms with Crippen LogP contribution in [-0.2, 0) is 22.7 Å². The van der Waals surface area contributed by atoms with E-state index in [1.807, 2.05) is 18.2 Å². The normalized spacial score (nSPS) is 22.0. The van der Waals surface area contributed by atoms with Crippen LogP contribution >= 0.6 is 0 Å². The lowest BCUT2D eigenvalue weighted by atomic mass is 10.1. The van der Waals surface area contributed by atoms with E-state index in [2.05, 4.69) is 10.6 Å². The Morgan fingerprint density at radius 2 is 2.21 bits per heavy atom. The van der Waals surface area contributed by atoms with Gasteiger partial charge in [-0.05, 0) is 23.3 Å². The first kappa shape index (κ1) is 12.6. The van der Waals surface area contributed by atoms with Gasteiger partial charge in [-0.1, -0.05) is 6.07 Å². The fourth-order valence-corrected chi connectivity index (χ4v) is 2.38. The second-order valence-corrected chi connectivity index (χ2v) is 4.91. The zero-order valence-corrected chi connectivity index (χ0v) is 10.8. The van der Waals surface area contributed by atoms with E-state index in [4.69, 9.17) is 9.47 Å². The molecule has 0 aromatic heterocycles. The van der Waals surface area contributed by atoms with Crippen LogP contribution in [0.3, 0.4) is 0 Å². The Morgan fingerprint density at radius 3 is 3.05 bits per heavy atom. The molecule has 1 atom stereocenters. The lowest BCUT2D eigenvalue weighted by Crippen LogP contribution is -2.48. The lowest BCUT2D eigenvalue weighted by Gasteiger charge is -2.23. The van der Waals surface area contributed by atoms with Gasteiger partial charge in [0, 0.05) is 24.7 Å². The molecular formula is C14H18N2O3. The second kappa shape index (κ2) is 5.69. The molecule has 5 heteroatoms. The molecule has 1 amide bonds. The number of carbonyl (C=O) groups excluding carboxylic acids is 1. The molecule has 0 aliphatic carbocycles. The predicted octanol–water partition coefficient (Wildman–Crippen LogP) is 0.435. The summed E-state index contributed by atoms with van der Waals surface area (Å²) in [6.07, 6.45) is 0. The number of amides is 1. The highest BCUT2D eigenvalue weighted by atomic mass is 16.5. The third kappa shape index (κ3) is 2.94. The molecule has 2 N–H and O–H groups in total. The van der Waals surface area contributed by atoms with Crippen LogP contribution in [0.25, 0.3) is 0 Å². The zero-order chi connectivity index (χ0) is 13.1. The van der Waals surface area contributed by atoms with E-state index in [-0.39, 0.29) is 11.9 Å². The fraction of sp³-hybridized carbons (Fsp3) is 0.500. The number of carbonyl (C=O) groups is 1. The summed E-state index contributed by atoms with van der Waals surface area (Å²) in [5, 5.41) is 6.25. The van der Waals surface area contributed by atoms with Crippen LogP contribution in [0, 0.1) is 0 Å². The maximum Gasteiger partial charge on any atom is 0.251 e. The molecule has 2 aliphatic rings. The fourth-order valence-electron chi connectivity index (χ4n) is 2.38. The van der Waals surface area contributed by atoms with Gasteiger partial charge in [0.1, 0.15) is 0 Å². The van der Waals surface area contributed by atoms with Crippen LogP contribution in [0.15, 0.2) is 18.2 Å². The summed E-state index contributed by atoms with van der Waals surface area (Å²) in [5.74, 6) is -0.0397. The second-order valence-electron chi connectivity index (χ2n) is 4.91. The minimum atomic E-state index is -0.0397. The van der Waals surface area contributed by atoms with Crippen molar-refractivity contribution in [2.45, 2.75) is 19.3 Å². The van der Waals surface area contributed by atoms with Gasteiger partial charge in [0.15, 0.2) is 0 Å². The molecule has 0 bridgehead atoms. The first-order valence-corrected chi connectivity index (χ1v) is 6.62. The molecule has 19 heavy (non-hydrogen) atoms. The summed E-state index contributed by atoms with van der Waals surface area (Å²) >= 11 is 0. The van der Waals surface area contributed by atoms with Crippen molar-refractivity contribution in [1.29, 1.82) is 0 Å². The number of benzene rings is 1. The number of morpholine rings is 1. The minimum Gasteiger partial charge on any atom is -0.378 e. The predicted molar refractivity (Wildman–Crippen MR) is 69.9 cm³/mol. The van der Waals surface area contributed by atoms with Crippen molar-refractivity contribution < 1.29 is 14.3 Å². The molecule has 1 fully saturated rings. The van der Waals surface area contributed by atoms with Gasteiger partial charge in [-0.25, -0.2) is 0 Å². The maximum atomic E-state index is 12.1. The molecule has 5 nitrogen and oxygen atoms in total. The Labute approximate surface area is 112 Å². The Kier molecular flexibility index (Phi) is 3.77. The zero-order valence-electron chi connectivity index (χ0n) is 10.8. The number of hydrogen-bond donors (Lipinski definition) is 2. The molecule has 2 aliphatic heterocycles. The molecular weight excluding hydrogens is 244 g/mol. The Morgan fingerprint density at radius 1 is 1.32 bits per heavy atom. The topological polar surface area (TPSA) is 59.6 Å². The first-order valence-electron chi connectivity index (χ1n) is 6.62. The van der Waals surface area contributed by atoms with Gasteiger partial charge in [-0.15, -0.1) is 0 Å². The van der Waals surface area contributed by atoms with E-state index in [9.17, 15) is 4.79 Å². The van der Waals surface area contributed by atoms with Gasteiger partial charge in [-0.3, -0.25) is 4.79 Å². The lowest BCUT2D eigenvalue weighted by molar-refractivity contribution is 0.0734. The molecule has 0 radical (unpaired) electrons. The summed E-state index contributed by atoms with van der Waals surface area (Å²) in [6.45, 7) is 4.09. The van der Waals surface area contributed by atoms with Gasteiger partial charge in [0.2, 0.25) is 0 Å². The summed E-state index contributed by atoms with van der Waals surface area (Å²) in [5.41, 5.74) is 2.99. The maximum absolute atomic E-state index is 12.1. The minimum absolute atomic E-state index is 0.0397. The summed E-state index contributed by atoms with van der Waals surface area (Å²) in [7, 11) is 0. The molecule has 1 aromatic carbocycles. The van der Waals surface area contributed by atoms with E-state index < -0.39 is 0 Å². The molecule has 0 saturated carbocycles. The third-order valence-corrected chi connectivity index (χ3v) is 3.49. The van der Waals surface area contributed by atoms with Gasteiger partial charge < -0.3 is 20.1 Å². The van der Waals surface area contributed by atoms with Crippen molar-refractivity contribution in [2.24, 2.45) is 0 Å². The SMILES string of the molecule is O=C(NCC1COCCN1)c1ccc2c(c1)COC2. The van der Waals surface area contributed by atoms with Gasteiger partial charge in [-0.2, -0.15) is 0 Å². The number of nitrogens with one attached hydrogen (secondary N) is 2. The Bertz CT molecular complexity index is 470. The monoisotopic (exact) mass is 262 g/mol. The molecule has 2 heterocycles. The molecule has 0 spiro atoms. The van der Waals surface area contributed by atoms with Crippen LogP contribution < -0.4 is 10.6 Å². The first-order chi connectivity index (χ1) is 9.33. The van der Waals surface area contributed by atoms with Crippen molar-refractivity contribution in [3.8, 4) is 0 Å². The van der Waals surface area contributed by atoms with Crippen LogP contribution in [0.1, 0.15) is 21.5 Å².